The third kappa shape index (κ3) is 6.56. The van der Waals surface area contributed by atoms with Gasteiger partial charge in [-0.25, -0.2) is 0 Å². The Hall–Kier alpha value is -8.98. The zero-order valence-electron chi connectivity index (χ0n) is 38.0. The lowest BCUT2D eigenvalue weighted by Crippen LogP contribution is -2.28. The Labute approximate surface area is 403 Å². The fraction of sp³-hybridized carbons (Fsp3) is 0.0149. The second-order valence-electron chi connectivity index (χ2n) is 18.0. The quantitative estimate of drug-likeness (QED) is 0.140. The topological polar surface area (TPSA) is 8.17 Å². The van der Waals surface area contributed by atoms with Crippen LogP contribution in [0.15, 0.2) is 279 Å². The molecule has 324 valence electrons. The van der Waals surface area contributed by atoms with Crippen LogP contribution in [0.4, 0.5) is 17.1 Å². The molecule has 13 rings (SSSR count). The van der Waals surface area contributed by atoms with E-state index in [1.807, 2.05) is 0 Å². The Bertz CT molecular complexity index is 3780. The van der Waals surface area contributed by atoms with Crippen molar-refractivity contribution in [2.24, 2.45) is 0 Å². The molecule has 1 aromatic heterocycles. The largest absolute Gasteiger partial charge is 0.310 e. The summed E-state index contributed by atoms with van der Waals surface area (Å²) in [6, 6.07) is 102. The van der Waals surface area contributed by atoms with Gasteiger partial charge in [0.25, 0.3) is 0 Å². The number of benzene rings is 11. The molecule has 0 saturated heterocycles. The molecule has 0 radical (unpaired) electrons. The highest BCUT2D eigenvalue weighted by atomic mass is 15.1. The van der Waals surface area contributed by atoms with Crippen LogP contribution in [0, 0.1) is 0 Å². The smallest absolute Gasteiger partial charge is 0.0714 e. The van der Waals surface area contributed by atoms with Crippen LogP contribution in [0.25, 0.3) is 72.0 Å². The molecule has 69 heavy (non-hydrogen) atoms. The number of hydrogen-bond donors (Lipinski definition) is 0. The number of para-hydroxylation sites is 3. The first-order chi connectivity index (χ1) is 34.3. The molecule has 1 aliphatic rings. The third-order valence-corrected chi connectivity index (χ3v) is 14.3. The first kappa shape index (κ1) is 40.3. The van der Waals surface area contributed by atoms with Gasteiger partial charge in [-0.1, -0.05) is 224 Å². The molecule has 0 atom stereocenters. The van der Waals surface area contributed by atoms with Crippen molar-refractivity contribution in [2.45, 2.75) is 5.41 Å². The van der Waals surface area contributed by atoms with Crippen LogP contribution in [-0.4, -0.2) is 4.57 Å². The maximum Gasteiger partial charge on any atom is 0.0714 e. The second kappa shape index (κ2) is 16.7. The van der Waals surface area contributed by atoms with Crippen LogP contribution in [0.1, 0.15) is 22.3 Å². The average molecular weight is 879 g/mol. The minimum Gasteiger partial charge on any atom is -0.310 e. The number of nitrogens with zero attached hydrogens (tertiary/aromatic N) is 2. The maximum absolute atomic E-state index is 2.53. The van der Waals surface area contributed by atoms with Gasteiger partial charge in [-0.2, -0.15) is 0 Å². The van der Waals surface area contributed by atoms with Gasteiger partial charge >= 0.3 is 0 Å². The number of fused-ring (bicyclic) bond motifs is 6. The summed E-state index contributed by atoms with van der Waals surface area (Å²) in [6.07, 6.45) is 0. The molecule has 1 heterocycles. The molecule has 0 aliphatic heterocycles. The molecule has 0 N–H and O–H groups in total. The van der Waals surface area contributed by atoms with Crippen LogP contribution in [0.2, 0.25) is 0 Å². The fourth-order valence-electron chi connectivity index (χ4n) is 11.3. The zero-order chi connectivity index (χ0) is 45.7. The molecule has 12 aromatic rings. The van der Waals surface area contributed by atoms with Crippen molar-refractivity contribution in [1.82, 2.24) is 4.57 Å². The van der Waals surface area contributed by atoms with Gasteiger partial charge < -0.3 is 9.47 Å². The summed E-state index contributed by atoms with van der Waals surface area (Å²) in [5, 5.41) is 2.45. The minimum absolute atomic E-state index is 0.501. The van der Waals surface area contributed by atoms with E-state index >= 15 is 0 Å². The normalized spacial score (nSPS) is 12.5. The van der Waals surface area contributed by atoms with E-state index in [0.29, 0.717) is 0 Å². The predicted molar refractivity (Wildman–Crippen MR) is 289 cm³/mol. The summed E-state index contributed by atoms with van der Waals surface area (Å²) >= 11 is 0. The van der Waals surface area contributed by atoms with E-state index in [1.165, 1.54) is 83.1 Å². The van der Waals surface area contributed by atoms with Gasteiger partial charge in [-0.3, -0.25) is 0 Å². The second-order valence-corrected chi connectivity index (χ2v) is 18.0. The van der Waals surface area contributed by atoms with E-state index in [2.05, 4.69) is 289 Å². The van der Waals surface area contributed by atoms with E-state index in [4.69, 9.17) is 0 Å². The highest BCUT2D eigenvalue weighted by Gasteiger charge is 2.47. The van der Waals surface area contributed by atoms with Crippen LogP contribution < -0.4 is 4.90 Å². The van der Waals surface area contributed by atoms with Crippen molar-refractivity contribution in [2.75, 3.05) is 4.90 Å². The Morgan fingerprint density at radius 2 is 0.812 bits per heavy atom. The van der Waals surface area contributed by atoms with Gasteiger partial charge in [0.05, 0.1) is 27.8 Å². The number of hydrogen-bond acceptors (Lipinski definition) is 1. The minimum atomic E-state index is -0.501. The van der Waals surface area contributed by atoms with Crippen molar-refractivity contribution in [3.8, 4) is 50.2 Å². The highest BCUT2D eigenvalue weighted by molar-refractivity contribution is 6.11. The van der Waals surface area contributed by atoms with Gasteiger partial charge in [0.1, 0.15) is 0 Å². The monoisotopic (exact) mass is 878 g/mol. The van der Waals surface area contributed by atoms with Crippen molar-refractivity contribution in [3.05, 3.63) is 301 Å². The van der Waals surface area contributed by atoms with E-state index < -0.39 is 5.41 Å². The molecule has 0 amide bonds. The molecular formula is C67H46N2. The first-order valence-electron chi connectivity index (χ1n) is 23.8. The van der Waals surface area contributed by atoms with Gasteiger partial charge in [0.15, 0.2) is 0 Å². The molecular weight excluding hydrogens is 833 g/mol. The Balaban J connectivity index is 0.986. The van der Waals surface area contributed by atoms with Crippen LogP contribution in [-0.2, 0) is 5.41 Å². The zero-order valence-corrected chi connectivity index (χ0v) is 38.0. The van der Waals surface area contributed by atoms with Crippen molar-refractivity contribution in [1.29, 1.82) is 0 Å². The molecule has 1 aliphatic carbocycles. The molecule has 0 saturated carbocycles. The molecule has 0 unspecified atom stereocenters. The van der Waals surface area contributed by atoms with Crippen molar-refractivity contribution >= 4 is 38.9 Å². The fourth-order valence-corrected chi connectivity index (χ4v) is 11.3. The van der Waals surface area contributed by atoms with Gasteiger partial charge in [0, 0.05) is 33.3 Å². The van der Waals surface area contributed by atoms with E-state index in [-0.39, 0.29) is 0 Å². The number of rotatable bonds is 9. The summed E-state index contributed by atoms with van der Waals surface area (Å²) in [7, 11) is 0. The highest BCUT2D eigenvalue weighted by Crippen LogP contribution is 2.58. The molecule has 11 aromatic carbocycles. The Kier molecular flexibility index (Phi) is 9.77. The maximum atomic E-state index is 2.53. The van der Waals surface area contributed by atoms with E-state index in [0.717, 1.165) is 28.2 Å². The van der Waals surface area contributed by atoms with Gasteiger partial charge in [-0.05, 0) is 110 Å². The summed E-state index contributed by atoms with van der Waals surface area (Å²) in [5.74, 6) is 0. The van der Waals surface area contributed by atoms with E-state index in [1.54, 1.807) is 0 Å². The lowest BCUT2D eigenvalue weighted by molar-refractivity contribution is 0.768. The molecule has 2 heteroatoms. The number of anilines is 3. The van der Waals surface area contributed by atoms with Gasteiger partial charge in [0.2, 0.25) is 0 Å². The predicted octanol–water partition coefficient (Wildman–Crippen LogP) is 17.6. The van der Waals surface area contributed by atoms with E-state index in [9.17, 15) is 0 Å². The molecule has 0 fully saturated rings. The summed E-state index contributed by atoms with van der Waals surface area (Å²) in [5.41, 5.74) is 21.0. The van der Waals surface area contributed by atoms with Crippen LogP contribution in [0.3, 0.4) is 0 Å². The van der Waals surface area contributed by atoms with Crippen LogP contribution in [0.5, 0.6) is 0 Å². The van der Waals surface area contributed by atoms with Gasteiger partial charge in [-0.15, -0.1) is 0 Å². The van der Waals surface area contributed by atoms with Crippen LogP contribution >= 0.6 is 0 Å². The molecule has 0 spiro atoms. The summed E-state index contributed by atoms with van der Waals surface area (Å²) < 4.78 is 2.53. The summed E-state index contributed by atoms with van der Waals surface area (Å²) in [6.45, 7) is 0. The summed E-state index contributed by atoms with van der Waals surface area (Å²) in [4.78, 5) is 2.40. The third-order valence-electron chi connectivity index (χ3n) is 14.3. The standard InChI is InChI=1S/C67H46N2/c1-5-21-47(22-6-1)49-23-19-24-50(45-49)48-39-42-55(43-40-48)68(54-29-11-4-12-30-54)62-36-17-14-31-56(62)51-41-44-58-57-32-15-18-37-63(57)69(65(58)46-51)64-38-20-35-61-66(64)59-33-13-16-34-60(59)67(61,52-25-7-2-8-26-52)53-27-9-3-10-28-53/h1-46H. The number of aromatic nitrogens is 1. The van der Waals surface area contributed by atoms with Crippen molar-refractivity contribution < 1.29 is 0 Å². The molecule has 0 bridgehead atoms. The molecule has 2 nitrogen and oxygen atoms in total. The Morgan fingerprint density at radius 3 is 1.54 bits per heavy atom. The SMILES string of the molecule is c1ccc(-c2cccc(-c3ccc(N(c4ccccc4)c4ccccc4-c4ccc5c6ccccc6n(-c6cccc7c6-c6ccccc6C7(c6ccccc6)c6ccccc6)c5c4)cc3)c2)cc1. The average Bonchev–Trinajstić information content (AvgIpc) is 3.93. The first-order valence-corrected chi connectivity index (χ1v) is 23.8. The lowest BCUT2D eigenvalue weighted by Gasteiger charge is -2.34. The van der Waals surface area contributed by atoms with Crippen molar-refractivity contribution in [3.63, 3.8) is 0 Å². The lowest BCUT2D eigenvalue weighted by atomic mass is 9.68. The Morgan fingerprint density at radius 1 is 0.304 bits per heavy atom.